The van der Waals surface area contributed by atoms with Gasteiger partial charge in [-0.3, -0.25) is 0 Å². The van der Waals surface area contributed by atoms with Gasteiger partial charge in [-0.15, -0.1) is 5.10 Å². The summed E-state index contributed by atoms with van der Waals surface area (Å²) in [5.74, 6) is 0. The molecule has 3 aromatic rings. The number of aromatic nitrogens is 3. The highest BCUT2D eigenvalue weighted by molar-refractivity contribution is 5.26. The monoisotopic (exact) mass is 292 g/mol. The van der Waals surface area contributed by atoms with Gasteiger partial charge in [-0.1, -0.05) is 65.9 Å². The summed E-state index contributed by atoms with van der Waals surface area (Å²) >= 11 is 0. The number of hydrogen-bond acceptors (Lipinski definition) is 3. The molecule has 0 aliphatic carbocycles. The Morgan fingerprint density at radius 1 is 1.00 bits per heavy atom. The van der Waals surface area contributed by atoms with E-state index in [2.05, 4.69) is 41.5 Å². The van der Waals surface area contributed by atoms with Gasteiger partial charge in [0.15, 0.2) is 0 Å². The third kappa shape index (κ3) is 2.92. The van der Waals surface area contributed by atoms with Crippen LogP contribution in [-0.2, 0) is 13.0 Å². The molecular weight excluding hydrogens is 272 g/mol. The van der Waals surface area contributed by atoms with E-state index in [0.717, 1.165) is 17.8 Å². The van der Waals surface area contributed by atoms with Crippen LogP contribution in [0.25, 0.3) is 0 Å². The molecule has 1 heterocycles. The number of nitrogens with two attached hydrogens (primary N) is 1. The quantitative estimate of drug-likeness (QED) is 0.786. The number of benzene rings is 2. The van der Waals surface area contributed by atoms with Gasteiger partial charge < -0.3 is 5.73 Å². The molecule has 2 aromatic carbocycles. The lowest BCUT2D eigenvalue weighted by atomic mass is 10.1. The van der Waals surface area contributed by atoms with Crippen LogP contribution >= 0.6 is 0 Å². The smallest absolute Gasteiger partial charge is 0.0998 e. The number of nitrogens with zero attached hydrogens (tertiary/aromatic N) is 3. The molecule has 0 saturated heterocycles. The van der Waals surface area contributed by atoms with Crippen LogP contribution < -0.4 is 5.73 Å². The zero-order chi connectivity index (χ0) is 15.4. The summed E-state index contributed by atoms with van der Waals surface area (Å²) in [6.45, 7) is 2.54. The summed E-state index contributed by atoms with van der Waals surface area (Å²) in [6, 6.07) is 20.8. The Labute approximate surface area is 130 Å². The summed E-state index contributed by atoms with van der Waals surface area (Å²) in [4.78, 5) is 0. The molecule has 3 rings (SSSR count). The van der Waals surface area contributed by atoms with Gasteiger partial charge in [0.1, 0.15) is 0 Å². The zero-order valence-corrected chi connectivity index (χ0v) is 12.7. The van der Waals surface area contributed by atoms with Crippen molar-refractivity contribution in [3.8, 4) is 0 Å². The van der Waals surface area contributed by atoms with Crippen LogP contribution in [0.1, 0.15) is 35.5 Å². The van der Waals surface area contributed by atoms with Crippen molar-refractivity contribution < 1.29 is 0 Å². The Morgan fingerprint density at radius 2 is 1.64 bits per heavy atom. The molecule has 2 N–H and O–H groups in total. The van der Waals surface area contributed by atoms with Gasteiger partial charge >= 0.3 is 0 Å². The van der Waals surface area contributed by atoms with E-state index < -0.39 is 0 Å². The molecule has 0 aliphatic heterocycles. The van der Waals surface area contributed by atoms with Crippen LogP contribution in [0.3, 0.4) is 0 Å². The highest BCUT2D eigenvalue weighted by Gasteiger charge is 2.17. The topological polar surface area (TPSA) is 56.7 Å². The average molecular weight is 292 g/mol. The molecule has 1 atom stereocenters. The van der Waals surface area contributed by atoms with E-state index in [0.29, 0.717) is 6.54 Å². The summed E-state index contributed by atoms with van der Waals surface area (Å²) in [6.07, 6.45) is 0.789. The molecule has 4 heteroatoms. The Hall–Kier alpha value is -2.46. The van der Waals surface area contributed by atoms with Crippen molar-refractivity contribution in [2.24, 2.45) is 5.73 Å². The fourth-order valence-corrected chi connectivity index (χ4v) is 2.66. The van der Waals surface area contributed by atoms with Crippen LogP contribution in [0.5, 0.6) is 0 Å². The first-order valence-electron chi connectivity index (χ1n) is 7.51. The van der Waals surface area contributed by atoms with Gasteiger partial charge in [0.2, 0.25) is 0 Å². The minimum Gasteiger partial charge on any atom is -0.325 e. The SMILES string of the molecule is CC(c1ccccc1)n1nnc(CN)c1Cc1ccccc1. The van der Waals surface area contributed by atoms with E-state index in [9.17, 15) is 0 Å². The van der Waals surface area contributed by atoms with Crippen molar-refractivity contribution in [1.82, 2.24) is 15.0 Å². The fourth-order valence-electron chi connectivity index (χ4n) is 2.66. The molecule has 4 nitrogen and oxygen atoms in total. The lowest BCUT2D eigenvalue weighted by molar-refractivity contribution is 0.525. The van der Waals surface area contributed by atoms with E-state index >= 15 is 0 Å². The van der Waals surface area contributed by atoms with Gasteiger partial charge in [0.05, 0.1) is 17.4 Å². The second-order valence-electron chi connectivity index (χ2n) is 5.38. The predicted octanol–water partition coefficient (Wildman–Crippen LogP) is 2.94. The summed E-state index contributed by atoms with van der Waals surface area (Å²) in [5, 5.41) is 8.61. The van der Waals surface area contributed by atoms with Crippen LogP contribution in [0.4, 0.5) is 0 Å². The van der Waals surface area contributed by atoms with Gasteiger partial charge in [-0.2, -0.15) is 0 Å². The molecular formula is C18H20N4. The second-order valence-corrected chi connectivity index (χ2v) is 5.38. The van der Waals surface area contributed by atoms with Crippen molar-refractivity contribution in [2.45, 2.75) is 25.9 Å². The van der Waals surface area contributed by atoms with Crippen molar-refractivity contribution in [3.63, 3.8) is 0 Å². The molecule has 22 heavy (non-hydrogen) atoms. The minimum absolute atomic E-state index is 0.132. The highest BCUT2D eigenvalue weighted by Crippen LogP contribution is 2.21. The molecule has 0 radical (unpaired) electrons. The molecule has 0 amide bonds. The third-order valence-corrected chi connectivity index (χ3v) is 3.93. The molecule has 0 saturated carbocycles. The third-order valence-electron chi connectivity index (χ3n) is 3.93. The first-order valence-corrected chi connectivity index (χ1v) is 7.51. The first-order chi connectivity index (χ1) is 10.8. The molecule has 112 valence electrons. The summed E-state index contributed by atoms with van der Waals surface area (Å²) < 4.78 is 1.99. The van der Waals surface area contributed by atoms with Gasteiger partial charge in [-0.25, -0.2) is 4.68 Å². The largest absolute Gasteiger partial charge is 0.325 e. The van der Waals surface area contributed by atoms with E-state index in [1.807, 2.05) is 41.1 Å². The Balaban J connectivity index is 1.97. The van der Waals surface area contributed by atoms with E-state index in [4.69, 9.17) is 5.73 Å². The van der Waals surface area contributed by atoms with Crippen molar-refractivity contribution in [2.75, 3.05) is 0 Å². The van der Waals surface area contributed by atoms with Gasteiger partial charge in [0, 0.05) is 13.0 Å². The predicted molar refractivity (Wildman–Crippen MR) is 87.4 cm³/mol. The maximum absolute atomic E-state index is 5.84. The van der Waals surface area contributed by atoms with Crippen molar-refractivity contribution in [1.29, 1.82) is 0 Å². The van der Waals surface area contributed by atoms with E-state index in [-0.39, 0.29) is 6.04 Å². The van der Waals surface area contributed by atoms with Gasteiger partial charge in [-0.05, 0) is 18.1 Å². The van der Waals surface area contributed by atoms with Crippen LogP contribution in [0.2, 0.25) is 0 Å². The maximum Gasteiger partial charge on any atom is 0.0998 e. The Bertz CT molecular complexity index is 719. The Morgan fingerprint density at radius 3 is 2.27 bits per heavy atom. The molecule has 0 spiro atoms. The highest BCUT2D eigenvalue weighted by atomic mass is 15.4. The molecule has 0 aliphatic rings. The molecule has 0 fully saturated rings. The zero-order valence-electron chi connectivity index (χ0n) is 12.7. The van der Waals surface area contributed by atoms with Crippen LogP contribution in [0.15, 0.2) is 60.7 Å². The minimum atomic E-state index is 0.132. The fraction of sp³-hybridized carbons (Fsp3) is 0.222. The lowest BCUT2D eigenvalue weighted by Crippen LogP contribution is -2.14. The van der Waals surface area contributed by atoms with Gasteiger partial charge in [0.25, 0.3) is 0 Å². The van der Waals surface area contributed by atoms with E-state index in [1.165, 1.54) is 11.1 Å². The molecule has 0 bridgehead atoms. The van der Waals surface area contributed by atoms with Crippen LogP contribution in [-0.4, -0.2) is 15.0 Å². The maximum atomic E-state index is 5.84. The number of hydrogen-bond donors (Lipinski definition) is 1. The van der Waals surface area contributed by atoms with E-state index in [1.54, 1.807) is 0 Å². The second kappa shape index (κ2) is 6.54. The number of rotatable bonds is 5. The molecule has 1 unspecified atom stereocenters. The lowest BCUT2D eigenvalue weighted by Gasteiger charge is -2.16. The summed E-state index contributed by atoms with van der Waals surface area (Å²) in [7, 11) is 0. The standard InChI is InChI=1S/C18H20N4/c1-14(16-10-6-3-7-11-16)22-18(17(13-19)20-21-22)12-15-8-4-2-5-9-15/h2-11,14H,12-13,19H2,1H3. The van der Waals surface area contributed by atoms with Crippen LogP contribution in [0, 0.1) is 0 Å². The first kappa shape index (κ1) is 14.5. The molecule has 1 aromatic heterocycles. The average Bonchev–Trinajstić information content (AvgIpc) is 2.98. The normalized spacial score (nSPS) is 12.3. The summed E-state index contributed by atoms with van der Waals surface area (Å²) in [5.41, 5.74) is 10.2. The van der Waals surface area contributed by atoms with Crippen molar-refractivity contribution >= 4 is 0 Å². The Kier molecular flexibility index (Phi) is 4.30. The van der Waals surface area contributed by atoms with Crippen molar-refractivity contribution in [3.05, 3.63) is 83.2 Å².